The van der Waals surface area contributed by atoms with E-state index in [0.717, 1.165) is 41.5 Å². The molecule has 0 saturated heterocycles. The Morgan fingerprint density at radius 3 is 2.54 bits per heavy atom. The standard InChI is InChI=1S/C26H38N6O6S/c1-5-6-13-20-31-21-22(17-11-7-8-12-18(17)29-23(21)27)32(20)15-10-9-14-28-24(33)19(16-39(35,36)37)30-25(34)38-26(2,3)4/h7-8,11-12,19H,5-6,9-10,13-16H2,1-4H3,(H2,27,29)(H,28,33)(H,30,34)(H,35,36,37)/t19-/m0/s1. The molecular formula is C26H38N6O6S. The summed E-state index contributed by atoms with van der Waals surface area (Å²) < 4.78 is 39.3. The van der Waals surface area contributed by atoms with E-state index < -0.39 is 39.5 Å². The fourth-order valence-corrected chi connectivity index (χ4v) is 4.90. The molecule has 0 spiro atoms. The SMILES string of the molecule is CCCCc1nc2c(N)nc3ccccc3c2n1CCCCNC(=O)[C@H](CS(=O)(=O)O)NC(=O)OC(C)(C)C. The Morgan fingerprint density at radius 1 is 1.15 bits per heavy atom. The highest BCUT2D eigenvalue weighted by atomic mass is 32.2. The number of imidazole rings is 1. The average Bonchev–Trinajstić information content (AvgIpc) is 3.19. The Balaban J connectivity index is 1.68. The number of nitrogens with zero attached hydrogens (tertiary/aromatic N) is 3. The summed E-state index contributed by atoms with van der Waals surface area (Å²) in [5.74, 6) is -0.395. The lowest BCUT2D eigenvalue weighted by atomic mass is 10.1. The Morgan fingerprint density at radius 2 is 1.87 bits per heavy atom. The lowest BCUT2D eigenvalue weighted by Crippen LogP contribution is -2.51. The number of alkyl carbamates (subject to hydrolysis) is 1. The van der Waals surface area contributed by atoms with Crippen LogP contribution in [-0.4, -0.2) is 63.4 Å². The van der Waals surface area contributed by atoms with E-state index >= 15 is 0 Å². The smallest absolute Gasteiger partial charge is 0.408 e. The molecule has 0 fully saturated rings. The summed E-state index contributed by atoms with van der Waals surface area (Å²) in [5, 5.41) is 5.82. The van der Waals surface area contributed by atoms with Crippen molar-refractivity contribution in [3.63, 3.8) is 0 Å². The number of nitrogens with one attached hydrogen (secondary N) is 2. The van der Waals surface area contributed by atoms with Crippen molar-refractivity contribution in [3.05, 3.63) is 30.1 Å². The molecule has 2 heterocycles. The fraction of sp³-hybridized carbons (Fsp3) is 0.538. The van der Waals surface area contributed by atoms with Crippen molar-refractivity contribution in [2.24, 2.45) is 0 Å². The van der Waals surface area contributed by atoms with Crippen LogP contribution in [0.3, 0.4) is 0 Å². The van der Waals surface area contributed by atoms with Crippen LogP contribution in [0.15, 0.2) is 24.3 Å². The second-order valence-corrected chi connectivity index (χ2v) is 11.9. The summed E-state index contributed by atoms with van der Waals surface area (Å²) in [4.78, 5) is 34.1. The normalized spacial score (nSPS) is 12.9. The van der Waals surface area contributed by atoms with Gasteiger partial charge in [0.2, 0.25) is 5.91 Å². The minimum Gasteiger partial charge on any atom is -0.444 e. The van der Waals surface area contributed by atoms with Crippen LogP contribution >= 0.6 is 0 Å². The van der Waals surface area contributed by atoms with Gasteiger partial charge in [-0.2, -0.15) is 8.42 Å². The van der Waals surface area contributed by atoms with E-state index in [1.165, 1.54) is 0 Å². The summed E-state index contributed by atoms with van der Waals surface area (Å²) >= 11 is 0. The summed E-state index contributed by atoms with van der Waals surface area (Å²) in [6, 6.07) is 6.27. The van der Waals surface area contributed by atoms with Crippen LogP contribution in [0, 0.1) is 0 Å². The number of unbranched alkanes of at least 4 members (excludes halogenated alkanes) is 2. The number of fused-ring (bicyclic) bond motifs is 3. The highest BCUT2D eigenvalue weighted by Gasteiger charge is 2.28. The van der Waals surface area contributed by atoms with Gasteiger partial charge in [0.05, 0.1) is 11.0 Å². The van der Waals surface area contributed by atoms with Crippen LogP contribution in [0.5, 0.6) is 0 Å². The zero-order valence-electron chi connectivity index (χ0n) is 22.9. The van der Waals surface area contributed by atoms with Gasteiger partial charge in [-0.3, -0.25) is 9.35 Å². The van der Waals surface area contributed by atoms with Gasteiger partial charge in [0.15, 0.2) is 5.82 Å². The molecule has 0 aliphatic heterocycles. The number of carbonyl (C=O) groups excluding carboxylic acids is 2. The molecule has 3 aromatic rings. The first-order valence-electron chi connectivity index (χ1n) is 13.0. The minimum absolute atomic E-state index is 0.234. The number of para-hydroxylation sites is 1. The molecule has 3 rings (SSSR count). The van der Waals surface area contributed by atoms with Gasteiger partial charge >= 0.3 is 6.09 Å². The lowest BCUT2D eigenvalue weighted by molar-refractivity contribution is -0.122. The van der Waals surface area contributed by atoms with Gasteiger partial charge in [-0.1, -0.05) is 31.5 Å². The number of nitrogen functional groups attached to an aromatic ring is 1. The van der Waals surface area contributed by atoms with Crippen LogP contribution in [0.1, 0.15) is 59.2 Å². The van der Waals surface area contributed by atoms with Gasteiger partial charge in [0, 0.05) is 24.9 Å². The first-order chi connectivity index (χ1) is 18.3. The number of carbonyl (C=O) groups is 2. The number of ether oxygens (including phenoxy) is 1. The van der Waals surface area contributed by atoms with E-state index in [2.05, 4.69) is 27.1 Å². The number of amides is 2. The Hall–Kier alpha value is -3.45. The van der Waals surface area contributed by atoms with E-state index in [4.69, 9.17) is 15.5 Å². The van der Waals surface area contributed by atoms with Crippen LogP contribution in [0.25, 0.3) is 21.9 Å². The average molecular weight is 563 g/mol. The number of benzene rings is 1. The van der Waals surface area contributed by atoms with Crippen LogP contribution in [0.2, 0.25) is 0 Å². The topological polar surface area (TPSA) is 179 Å². The Bertz CT molecular complexity index is 1430. The van der Waals surface area contributed by atoms with Gasteiger partial charge in [-0.25, -0.2) is 14.8 Å². The van der Waals surface area contributed by atoms with E-state index in [-0.39, 0.29) is 6.54 Å². The number of pyridine rings is 1. The number of anilines is 1. The maximum Gasteiger partial charge on any atom is 0.408 e. The van der Waals surface area contributed by atoms with Gasteiger partial charge in [-0.05, 0) is 46.1 Å². The molecule has 13 heteroatoms. The number of nitrogens with two attached hydrogens (primary N) is 1. The second-order valence-electron chi connectivity index (χ2n) is 10.4. The molecule has 12 nitrogen and oxygen atoms in total. The number of hydrogen-bond acceptors (Lipinski definition) is 8. The molecule has 2 aromatic heterocycles. The molecule has 0 unspecified atom stereocenters. The van der Waals surface area contributed by atoms with E-state index in [0.29, 0.717) is 30.7 Å². The predicted octanol–water partition coefficient (Wildman–Crippen LogP) is 3.19. The Labute approximate surface area is 228 Å². The van der Waals surface area contributed by atoms with Crippen molar-refractivity contribution in [1.82, 2.24) is 25.2 Å². The van der Waals surface area contributed by atoms with E-state index in [9.17, 15) is 22.6 Å². The lowest BCUT2D eigenvalue weighted by Gasteiger charge is -2.22. The number of aryl methyl sites for hydroxylation is 2. The van der Waals surface area contributed by atoms with Gasteiger partial charge in [0.1, 0.15) is 28.7 Å². The molecule has 0 bridgehead atoms. The highest BCUT2D eigenvalue weighted by Crippen LogP contribution is 2.29. The third-order valence-electron chi connectivity index (χ3n) is 5.94. The van der Waals surface area contributed by atoms with Gasteiger partial charge < -0.3 is 25.7 Å². The van der Waals surface area contributed by atoms with Gasteiger partial charge in [-0.15, -0.1) is 0 Å². The quantitative estimate of drug-likeness (QED) is 0.190. The maximum absolute atomic E-state index is 12.7. The summed E-state index contributed by atoms with van der Waals surface area (Å²) in [7, 11) is -4.53. The maximum atomic E-state index is 12.7. The Kier molecular flexibility index (Phi) is 9.73. The van der Waals surface area contributed by atoms with Crippen LogP contribution < -0.4 is 16.4 Å². The van der Waals surface area contributed by atoms with Crippen molar-refractivity contribution in [1.29, 1.82) is 0 Å². The summed E-state index contributed by atoms with van der Waals surface area (Å²) in [6.07, 6.45) is 3.09. The van der Waals surface area contributed by atoms with Crippen molar-refractivity contribution in [2.75, 3.05) is 18.0 Å². The zero-order valence-corrected chi connectivity index (χ0v) is 23.7. The molecule has 39 heavy (non-hydrogen) atoms. The van der Waals surface area contributed by atoms with E-state index in [1.54, 1.807) is 20.8 Å². The molecule has 0 aliphatic carbocycles. The molecule has 2 amide bonds. The van der Waals surface area contributed by atoms with Crippen molar-refractivity contribution < 1.29 is 27.3 Å². The molecule has 0 radical (unpaired) electrons. The monoisotopic (exact) mass is 562 g/mol. The third kappa shape index (κ3) is 8.52. The zero-order chi connectivity index (χ0) is 28.8. The molecule has 1 aromatic carbocycles. The first kappa shape index (κ1) is 30.1. The first-order valence-corrected chi connectivity index (χ1v) is 14.7. The molecule has 214 valence electrons. The van der Waals surface area contributed by atoms with Crippen molar-refractivity contribution >= 4 is 49.9 Å². The molecule has 0 saturated carbocycles. The summed E-state index contributed by atoms with van der Waals surface area (Å²) in [6.45, 7) is 7.88. The van der Waals surface area contributed by atoms with Crippen LogP contribution in [0.4, 0.5) is 10.6 Å². The third-order valence-corrected chi connectivity index (χ3v) is 6.69. The summed E-state index contributed by atoms with van der Waals surface area (Å²) in [5.41, 5.74) is 7.81. The van der Waals surface area contributed by atoms with Crippen molar-refractivity contribution in [3.8, 4) is 0 Å². The fourth-order valence-electron chi connectivity index (χ4n) is 4.24. The predicted molar refractivity (Wildman–Crippen MR) is 150 cm³/mol. The molecular weight excluding hydrogens is 524 g/mol. The molecule has 5 N–H and O–H groups in total. The number of aromatic nitrogens is 3. The highest BCUT2D eigenvalue weighted by molar-refractivity contribution is 7.85. The molecule has 0 aliphatic rings. The minimum atomic E-state index is -4.53. The largest absolute Gasteiger partial charge is 0.444 e. The number of rotatable bonds is 12. The van der Waals surface area contributed by atoms with Crippen LogP contribution in [-0.2, 0) is 32.6 Å². The number of hydrogen-bond donors (Lipinski definition) is 4. The van der Waals surface area contributed by atoms with E-state index in [1.807, 2.05) is 24.3 Å². The van der Waals surface area contributed by atoms with Crippen molar-refractivity contribution in [2.45, 2.75) is 78.0 Å². The van der Waals surface area contributed by atoms with Gasteiger partial charge in [0.25, 0.3) is 10.1 Å². The molecule has 1 atom stereocenters. The second kappa shape index (κ2) is 12.6.